The lowest BCUT2D eigenvalue weighted by Gasteiger charge is -2.09. The van der Waals surface area contributed by atoms with Gasteiger partial charge in [-0.25, -0.2) is 18.4 Å². The second kappa shape index (κ2) is 5.45. The van der Waals surface area contributed by atoms with Crippen LogP contribution in [0.4, 0.5) is 0 Å². The number of nitrogens with zero attached hydrogens (tertiary/aromatic N) is 3. The molecular formula is C17H19N3O2S. The quantitative estimate of drug-likeness (QED) is 0.741. The maximum atomic E-state index is 11.5. The predicted octanol–water partition coefficient (Wildman–Crippen LogP) is 2.80. The van der Waals surface area contributed by atoms with Crippen LogP contribution in [0.5, 0.6) is 0 Å². The van der Waals surface area contributed by atoms with E-state index in [1.54, 1.807) is 0 Å². The molecule has 3 rings (SSSR count). The van der Waals surface area contributed by atoms with E-state index in [2.05, 4.69) is 4.98 Å². The Bertz CT molecular complexity index is 1000. The van der Waals surface area contributed by atoms with Gasteiger partial charge >= 0.3 is 0 Å². The van der Waals surface area contributed by atoms with Crippen LogP contribution in [0.2, 0.25) is 0 Å². The summed E-state index contributed by atoms with van der Waals surface area (Å²) in [6.07, 6.45) is 3.07. The Morgan fingerprint density at radius 3 is 2.52 bits per heavy atom. The first kappa shape index (κ1) is 15.7. The maximum Gasteiger partial charge on any atom is 0.151 e. The molecule has 0 atom stereocenters. The maximum absolute atomic E-state index is 11.5. The molecule has 0 fully saturated rings. The molecule has 0 N–H and O–H groups in total. The third kappa shape index (κ3) is 3.12. The zero-order chi connectivity index (χ0) is 16.8. The van der Waals surface area contributed by atoms with Crippen LogP contribution in [0.3, 0.4) is 0 Å². The van der Waals surface area contributed by atoms with Gasteiger partial charge in [0.25, 0.3) is 0 Å². The van der Waals surface area contributed by atoms with Crippen molar-refractivity contribution in [3.8, 4) is 11.4 Å². The fourth-order valence-corrected chi connectivity index (χ4v) is 3.49. The molecule has 0 unspecified atom stereocenters. The summed E-state index contributed by atoms with van der Waals surface area (Å²) in [5.41, 5.74) is 4.55. The fourth-order valence-electron chi connectivity index (χ4n) is 2.71. The molecule has 3 aromatic rings. The number of imidazole rings is 1. The summed E-state index contributed by atoms with van der Waals surface area (Å²) in [4.78, 5) is 9.02. The van der Waals surface area contributed by atoms with Gasteiger partial charge < -0.3 is 4.57 Å². The van der Waals surface area contributed by atoms with Gasteiger partial charge in [0.05, 0.1) is 28.9 Å². The highest BCUT2D eigenvalue weighted by molar-refractivity contribution is 7.89. The summed E-state index contributed by atoms with van der Waals surface area (Å²) in [6.45, 7) is 3.97. The standard InChI is InChI=1S/C17H19N3O2S/c1-11-7-16(17-9-18-12(2)20(17)3)19-15-6-5-13(8-14(11)15)10-23(4,21)22/h5-9H,10H2,1-4H3. The van der Waals surface area contributed by atoms with Gasteiger partial charge in [0, 0.05) is 18.7 Å². The number of sulfone groups is 1. The minimum atomic E-state index is -3.04. The molecule has 2 heterocycles. The van der Waals surface area contributed by atoms with Crippen molar-refractivity contribution in [1.29, 1.82) is 0 Å². The van der Waals surface area contributed by atoms with E-state index in [1.807, 2.05) is 55.9 Å². The van der Waals surface area contributed by atoms with Crippen LogP contribution in [0.1, 0.15) is 17.0 Å². The van der Waals surface area contributed by atoms with E-state index in [9.17, 15) is 8.42 Å². The van der Waals surface area contributed by atoms with Crippen LogP contribution in [-0.4, -0.2) is 29.2 Å². The number of aryl methyl sites for hydroxylation is 2. The number of hydrogen-bond donors (Lipinski definition) is 0. The van der Waals surface area contributed by atoms with E-state index in [4.69, 9.17) is 4.98 Å². The van der Waals surface area contributed by atoms with Crippen LogP contribution >= 0.6 is 0 Å². The molecule has 0 radical (unpaired) electrons. The number of pyridine rings is 1. The summed E-state index contributed by atoms with van der Waals surface area (Å²) in [6, 6.07) is 7.64. The summed E-state index contributed by atoms with van der Waals surface area (Å²) in [5.74, 6) is 0.980. The first-order valence-corrected chi connectivity index (χ1v) is 9.37. The largest absolute Gasteiger partial charge is 0.330 e. The van der Waals surface area contributed by atoms with Gasteiger partial charge in [-0.05, 0) is 43.2 Å². The zero-order valence-corrected chi connectivity index (χ0v) is 14.5. The van der Waals surface area contributed by atoms with Crippen molar-refractivity contribution in [2.75, 3.05) is 6.26 Å². The number of rotatable bonds is 3. The lowest BCUT2D eigenvalue weighted by atomic mass is 10.1. The Hall–Kier alpha value is -2.21. The minimum absolute atomic E-state index is 0.0467. The number of aromatic nitrogens is 3. The monoisotopic (exact) mass is 329 g/mol. The van der Waals surface area contributed by atoms with Crippen LogP contribution < -0.4 is 0 Å². The van der Waals surface area contributed by atoms with Gasteiger partial charge in [-0.1, -0.05) is 6.07 Å². The second-order valence-corrected chi connectivity index (χ2v) is 8.14. The highest BCUT2D eigenvalue weighted by Crippen LogP contribution is 2.25. The third-order valence-electron chi connectivity index (χ3n) is 3.99. The third-order valence-corrected chi connectivity index (χ3v) is 4.85. The number of hydrogen-bond acceptors (Lipinski definition) is 4. The Morgan fingerprint density at radius 2 is 1.91 bits per heavy atom. The van der Waals surface area contributed by atoms with Crippen LogP contribution in [0.15, 0.2) is 30.5 Å². The highest BCUT2D eigenvalue weighted by Gasteiger charge is 2.11. The molecule has 120 valence electrons. The molecule has 0 bridgehead atoms. The van der Waals surface area contributed by atoms with E-state index in [0.717, 1.165) is 39.2 Å². The van der Waals surface area contributed by atoms with Gasteiger partial charge in [-0.2, -0.15) is 0 Å². The summed E-state index contributed by atoms with van der Waals surface area (Å²) in [7, 11) is -1.08. The van der Waals surface area contributed by atoms with Crippen molar-refractivity contribution in [2.45, 2.75) is 19.6 Å². The molecule has 6 heteroatoms. The molecule has 1 aromatic carbocycles. The topological polar surface area (TPSA) is 64.8 Å². The average Bonchev–Trinajstić information content (AvgIpc) is 2.78. The normalized spacial score (nSPS) is 12.0. The van der Waals surface area contributed by atoms with Crippen molar-refractivity contribution in [2.24, 2.45) is 7.05 Å². The molecule has 23 heavy (non-hydrogen) atoms. The molecule has 0 saturated heterocycles. The molecule has 0 aliphatic rings. The number of benzene rings is 1. The SMILES string of the molecule is Cc1cc(-c2cnc(C)n2C)nc2ccc(CS(C)(=O)=O)cc12. The first-order valence-electron chi connectivity index (χ1n) is 7.31. The molecule has 0 aliphatic carbocycles. The molecule has 5 nitrogen and oxygen atoms in total. The van der Waals surface area contributed by atoms with Gasteiger partial charge in [0.2, 0.25) is 0 Å². The Balaban J connectivity index is 2.13. The molecule has 0 saturated carbocycles. The van der Waals surface area contributed by atoms with Crippen molar-refractivity contribution in [3.05, 3.63) is 47.4 Å². The first-order chi connectivity index (χ1) is 10.7. The summed E-state index contributed by atoms with van der Waals surface area (Å²) >= 11 is 0. The Labute approximate surface area is 135 Å². The van der Waals surface area contributed by atoms with E-state index in [0.29, 0.717) is 0 Å². The highest BCUT2D eigenvalue weighted by atomic mass is 32.2. The van der Waals surface area contributed by atoms with Gasteiger partial charge in [-0.15, -0.1) is 0 Å². The summed E-state index contributed by atoms with van der Waals surface area (Å²) in [5, 5.41) is 0.980. The van der Waals surface area contributed by atoms with E-state index >= 15 is 0 Å². The average molecular weight is 329 g/mol. The van der Waals surface area contributed by atoms with Gasteiger partial charge in [0.1, 0.15) is 5.82 Å². The van der Waals surface area contributed by atoms with E-state index < -0.39 is 9.84 Å². The minimum Gasteiger partial charge on any atom is -0.330 e. The van der Waals surface area contributed by atoms with Gasteiger partial charge in [-0.3, -0.25) is 0 Å². The van der Waals surface area contributed by atoms with Crippen molar-refractivity contribution in [1.82, 2.24) is 14.5 Å². The Kier molecular flexibility index (Phi) is 3.72. The fraction of sp³-hybridized carbons (Fsp3) is 0.294. The molecular weight excluding hydrogens is 310 g/mol. The molecule has 2 aromatic heterocycles. The molecule has 0 aliphatic heterocycles. The van der Waals surface area contributed by atoms with Crippen LogP contribution in [0, 0.1) is 13.8 Å². The van der Waals surface area contributed by atoms with E-state index in [1.165, 1.54) is 6.26 Å². The van der Waals surface area contributed by atoms with Gasteiger partial charge in [0.15, 0.2) is 9.84 Å². The predicted molar refractivity (Wildman–Crippen MR) is 92.0 cm³/mol. The molecule has 0 spiro atoms. The number of fused-ring (bicyclic) bond motifs is 1. The smallest absolute Gasteiger partial charge is 0.151 e. The van der Waals surface area contributed by atoms with Crippen LogP contribution in [-0.2, 0) is 22.6 Å². The van der Waals surface area contributed by atoms with E-state index in [-0.39, 0.29) is 5.75 Å². The van der Waals surface area contributed by atoms with Crippen molar-refractivity contribution in [3.63, 3.8) is 0 Å². The lowest BCUT2D eigenvalue weighted by Crippen LogP contribution is -2.01. The second-order valence-electron chi connectivity index (χ2n) is 6.00. The van der Waals surface area contributed by atoms with Crippen molar-refractivity contribution >= 4 is 20.7 Å². The Morgan fingerprint density at radius 1 is 1.17 bits per heavy atom. The lowest BCUT2D eigenvalue weighted by molar-refractivity contribution is 0.601. The molecule has 0 amide bonds. The van der Waals surface area contributed by atoms with Crippen molar-refractivity contribution < 1.29 is 8.42 Å². The zero-order valence-electron chi connectivity index (χ0n) is 13.7. The van der Waals surface area contributed by atoms with Crippen LogP contribution in [0.25, 0.3) is 22.3 Å². The summed E-state index contributed by atoms with van der Waals surface area (Å²) < 4.78 is 25.0.